The number of carbonyl (C=O) groups is 1. The van der Waals surface area contributed by atoms with Crippen LogP contribution in [0.1, 0.15) is 42.7 Å². The number of thiophene rings is 1. The van der Waals surface area contributed by atoms with Gasteiger partial charge in [0.1, 0.15) is 0 Å². The highest BCUT2D eigenvalue weighted by Gasteiger charge is 2.30. The maximum atomic E-state index is 12.8. The Kier molecular flexibility index (Phi) is 4.99. The lowest BCUT2D eigenvalue weighted by atomic mass is 9.94. The highest BCUT2D eigenvalue weighted by atomic mass is 32.1. The van der Waals surface area contributed by atoms with Gasteiger partial charge in [0.2, 0.25) is 0 Å². The van der Waals surface area contributed by atoms with E-state index in [0.29, 0.717) is 23.8 Å². The predicted octanol–water partition coefficient (Wildman–Crippen LogP) is 3.39. The molecule has 1 aliphatic heterocycles. The Morgan fingerprint density at radius 2 is 2.25 bits per heavy atom. The minimum absolute atomic E-state index is 0.0948. The quantitative estimate of drug-likeness (QED) is 0.730. The van der Waals surface area contributed by atoms with Crippen molar-refractivity contribution in [2.75, 3.05) is 6.61 Å². The number of nitrogens with zero attached hydrogens (tertiary/aromatic N) is 4. The Morgan fingerprint density at radius 3 is 3.00 bits per heavy atom. The average molecular weight is 398 g/mol. The van der Waals surface area contributed by atoms with Crippen LogP contribution in [0.5, 0.6) is 0 Å². The Hall–Kier alpha value is -2.58. The average Bonchev–Trinajstić information content (AvgIpc) is 3.31. The van der Waals surface area contributed by atoms with Gasteiger partial charge < -0.3 is 10.1 Å². The lowest BCUT2D eigenvalue weighted by Gasteiger charge is -2.35. The summed E-state index contributed by atoms with van der Waals surface area (Å²) in [6.45, 7) is 6.61. The summed E-state index contributed by atoms with van der Waals surface area (Å²) in [6.07, 6.45) is 4.89. The third-order valence-electron chi connectivity index (χ3n) is 4.89. The van der Waals surface area contributed by atoms with E-state index in [4.69, 9.17) is 4.74 Å². The van der Waals surface area contributed by atoms with Gasteiger partial charge >= 0.3 is 0 Å². The number of hydrogen-bond acceptors (Lipinski definition) is 6. The normalized spacial score (nSPS) is 18.8. The van der Waals surface area contributed by atoms with Gasteiger partial charge in [-0.25, -0.2) is 14.6 Å². The summed E-state index contributed by atoms with van der Waals surface area (Å²) in [5.74, 6) is 0.329. The number of nitrogens with one attached hydrogen (secondary N) is 1. The van der Waals surface area contributed by atoms with E-state index < -0.39 is 0 Å². The lowest BCUT2D eigenvalue weighted by molar-refractivity contribution is -0.0615. The predicted molar refractivity (Wildman–Crippen MR) is 108 cm³/mol. The zero-order valence-electron chi connectivity index (χ0n) is 16.2. The summed E-state index contributed by atoms with van der Waals surface area (Å²) in [5.41, 5.74) is 1.87. The maximum absolute atomic E-state index is 12.8. The SMILES string of the molecule is Cc1c(C(=O)NC2CCOC(C)(C)C2)cnn1-c1nccc(-c2cccs2)n1. The molecule has 1 fully saturated rings. The minimum atomic E-state index is -0.217. The fourth-order valence-electron chi connectivity index (χ4n) is 3.46. The zero-order valence-corrected chi connectivity index (χ0v) is 17.0. The summed E-state index contributed by atoms with van der Waals surface area (Å²) >= 11 is 1.62. The highest BCUT2D eigenvalue weighted by molar-refractivity contribution is 7.13. The van der Waals surface area contributed by atoms with E-state index in [-0.39, 0.29) is 17.6 Å². The third kappa shape index (κ3) is 3.83. The van der Waals surface area contributed by atoms with Crippen LogP contribution in [-0.4, -0.2) is 43.9 Å². The molecule has 3 aromatic heterocycles. The van der Waals surface area contributed by atoms with Crippen LogP contribution in [0.15, 0.2) is 36.0 Å². The van der Waals surface area contributed by atoms with Gasteiger partial charge in [-0.3, -0.25) is 4.79 Å². The van der Waals surface area contributed by atoms with Crippen LogP contribution in [0.4, 0.5) is 0 Å². The van der Waals surface area contributed by atoms with Crippen LogP contribution in [0.3, 0.4) is 0 Å². The van der Waals surface area contributed by atoms with Gasteiger partial charge in [-0.2, -0.15) is 5.10 Å². The van der Waals surface area contributed by atoms with Crippen LogP contribution < -0.4 is 5.32 Å². The molecule has 28 heavy (non-hydrogen) atoms. The second-order valence-electron chi connectivity index (χ2n) is 7.55. The second-order valence-corrected chi connectivity index (χ2v) is 8.49. The third-order valence-corrected chi connectivity index (χ3v) is 5.79. The fraction of sp³-hybridized carbons (Fsp3) is 0.400. The van der Waals surface area contributed by atoms with Crippen LogP contribution in [0.2, 0.25) is 0 Å². The van der Waals surface area contributed by atoms with Crippen LogP contribution in [0, 0.1) is 6.92 Å². The number of amides is 1. The molecule has 0 radical (unpaired) electrons. The molecule has 1 N–H and O–H groups in total. The summed E-state index contributed by atoms with van der Waals surface area (Å²) in [5, 5.41) is 9.49. The van der Waals surface area contributed by atoms with Crippen molar-refractivity contribution in [1.82, 2.24) is 25.1 Å². The maximum Gasteiger partial charge on any atom is 0.254 e. The van der Waals surface area contributed by atoms with E-state index >= 15 is 0 Å². The molecular formula is C20H23N5O2S. The number of hydrogen-bond donors (Lipinski definition) is 1. The monoisotopic (exact) mass is 397 g/mol. The summed E-state index contributed by atoms with van der Waals surface area (Å²) in [7, 11) is 0. The molecule has 1 aliphatic rings. The topological polar surface area (TPSA) is 81.9 Å². The molecule has 146 valence electrons. The molecule has 0 aromatic carbocycles. The minimum Gasteiger partial charge on any atom is -0.375 e. The summed E-state index contributed by atoms with van der Waals surface area (Å²) < 4.78 is 7.34. The van der Waals surface area contributed by atoms with E-state index in [0.717, 1.165) is 23.4 Å². The first-order valence-corrected chi connectivity index (χ1v) is 10.2. The number of ether oxygens (including phenoxy) is 1. The van der Waals surface area contributed by atoms with Gasteiger partial charge in [0, 0.05) is 18.8 Å². The Labute approximate surface area is 167 Å². The molecule has 1 unspecified atom stereocenters. The smallest absolute Gasteiger partial charge is 0.254 e. The summed E-state index contributed by atoms with van der Waals surface area (Å²) in [4.78, 5) is 22.8. The van der Waals surface area contributed by atoms with Crippen LogP contribution in [-0.2, 0) is 4.74 Å². The molecule has 1 atom stereocenters. The molecule has 4 rings (SSSR count). The number of rotatable bonds is 4. The zero-order chi connectivity index (χ0) is 19.7. The molecule has 0 saturated carbocycles. The Balaban J connectivity index is 1.55. The van der Waals surface area contributed by atoms with Crippen molar-refractivity contribution in [3.63, 3.8) is 0 Å². The molecule has 7 nitrogen and oxygen atoms in total. The molecule has 0 aliphatic carbocycles. The van der Waals surface area contributed by atoms with Crippen molar-refractivity contribution in [2.24, 2.45) is 0 Å². The molecule has 0 bridgehead atoms. The molecule has 3 aromatic rings. The first-order chi connectivity index (χ1) is 13.4. The van der Waals surface area contributed by atoms with Gasteiger partial charge in [0.25, 0.3) is 11.9 Å². The first-order valence-electron chi connectivity index (χ1n) is 9.30. The van der Waals surface area contributed by atoms with E-state index in [2.05, 4.69) is 20.4 Å². The lowest BCUT2D eigenvalue weighted by Crippen LogP contribution is -2.45. The first kappa shape index (κ1) is 18.8. The van der Waals surface area contributed by atoms with Gasteiger partial charge in [-0.15, -0.1) is 11.3 Å². The van der Waals surface area contributed by atoms with Crippen molar-refractivity contribution < 1.29 is 9.53 Å². The largest absolute Gasteiger partial charge is 0.375 e. The van der Waals surface area contributed by atoms with E-state index in [9.17, 15) is 4.79 Å². The van der Waals surface area contributed by atoms with Crippen LogP contribution in [0.25, 0.3) is 16.5 Å². The van der Waals surface area contributed by atoms with E-state index in [1.807, 2.05) is 44.4 Å². The summed E-state index contributed by atoms with van der Waals surface area (Å²) in [6, 6.07) is 5.97. The standard InChI is InChI=1S/C20H23N5O2S/c1-13-15(18(26)23-14-7-9-27-20(2,3)11-14)12-22-25(13)19-21-8-6-16(24-19)17-5-4-10-28-17/h4-6,8,10,12,14H,7,9,11H2,1-3H3,(H,23,26). The molecule has 1 saturated heterocycles. The molecule has 8 heteroatoms. The highest BCUT2D eigenvalue weighted by Crippen LogP contribution is 2.25. The fourth-order valence-corrected chi connectivity index (χ4v) is 4.16. The molecule has 1 amide bonds. The van der Waals surface area contributed by atoms with Crippen molar-refractivity contribution in [3.05, 3.63) is 47.2 Å². The van der Waals surface area contributed by atoms with Crippen molar-refractivity contribution in [2.45, 2.75) is 45.3 Å². The number of aromatic nitrogens is 4. The molecular weight excluding hydrogens is 374 g/mol. The van der Waals surface area contributed by atoms with Crippen LogP contribution >= 0.6 is 11.3 Å². The van der Waals surface area contributed by atoms with E-state index in [1.165, 1.54) is 0 Å². The number of carbonyl (C=O) groups excluding carboxylic acids is 1. The van der Waals surface area contributed by atoms with Gasteiger partial charge in [0.15, 0.2) is 0 Å². The van der Waals surface area contributed by atoms with Crippen molar-refractivity contribution in [1.29, 1.82) is 0 Å². The Morgan fingerprint density at radius 1 is 1.39 bits per heavy atom. The van der Waals surface area contributed by atoms with Gasteiger partial charge in [-0.1, -0.05) is 6.07 Å². The van der Waals surface area contributed by atoms with Gasteiger partial charge in [-0.05, 0) is 51.1 Å². The molecule has 0 spiro atoms. The second kappa shape index (κ2) is 7.44. The molecule has 4 heterocycles. The van der Waals surface area contributed by atoms with E-state index in [1.54, 1.807) is 28.4 Å². The Bertz CT molecular complexity index is 980. The van der Waals surface area contributed by atoms with Gasteiger partial charge in [0.05, 0.1) is 33.6 Å². The van der Waals surface area contributed by atoms with Crippen molar-refractivity contribution >= 4 is 17.2 Å². The van der Waals surface area contributed by atoms with Crippen molar-refractivity contribution in [3.8, 4) is 16.5 Å².